The smallest absolute Gasteiger partial charge is 0.388 e. The highest BCUT2D eigenvalue weighted by molar-refractivity contribution is 7.92. The summed E-state index contributed by atoms with van der Waals surface area (Å²) in [6.45, 7) is 1.15. The Morgan fingerprint density at radius 3 is 2.55 bits per heavy atom. The van der Waals surface area contributed by atoms with Crippen LogP contribution in [0, 0.1) is 0 Å². The van der Waals surface area contributed by atoms with Crippen LogP contribution in [0.25, 0.3) is 0 Å². The molecule has 2 aromatic heterocycles. The number of rotatable bonds is 11. The lowest BCUT2D eigenvalue weighted by molar-refractivity contribution is -0.137. The third kappa shape index (κ3) is 6.77. The maximum absolute atomic E-state index is 13.9. The minimum absolute atomic E-state index is 0.0308. The van der Waals surface area contributed by atoms with E-state index in [1.165, 1.54) is 42.3 Å². The molecule has 0 saturated heterocycles. The van der Waals surface area contributed by atoms with Gasteiger partial charge < -0.3 is 21.1 Å². The van der Waals surface area contributed by atoms with E-state index < -0.39 is 39.1 Å². The Balaban J connectivity index is 1.73. The second-order valence-corrected chi connectivity index (χ2v) is 11.4. The first-order valence-corrected chi connectivity index (χ1v) is 14.0. The summed E-state index contributed by atoms with van der Waals surface area (Å²) in [6, 6.07) is 9.11. The second-order valence-electron chi connectivity index (χ2n) is 9.38. The number of carbonyl (C=O) groups excluding carboxylic acids is 1. The third-order valence-corrected chi connectivity index (χ3v) is 7.74. The Morgan fingerprint density at radius 1 is 1.18 bits per heavy atom. The molecule has 1 aliphatic carbocycles. The minimum atomic E-state index is -4.81. The minimum Gasteiger partial charge on any atom is -0.388 e. The van der Waals surface area contributed by atoms with Crippen LogP contribution in [0.15, 0.2) is 48.8 Å². The predicted octanol–water partition coefficient (Wildman–Crippen LogP) is 3.42. The topological polar surface area (TPSA) is 163 Å². The predicted molar refractivity (Wildman–Crippen MR) is 142 cm³/mol. The molecular weight excluding hydrogens is 551 g/mol. The van der Waals surface area contributed by atoms with E-state index in [-0.39, 0.29) is 41.7 Å². The molecule has 11 nitrogen and oxygen atoms in total. The van der Waals surface area contributed by atoms with Gasteiger partial charge in [-0.3, -0.25) is 9.52 Å². The Hall–Kier alpha value is -3.98. The number of nitrogens with one attached hydrogen (secondary N) is 2. The summed E-state index contributed by atoms with van der Waals surface area (Å²) in [5.41, 5.74) is 3.93. The standard InChI is InChI=1S/C25H28F3N7O4S/c1-2-40(38,39)34-21-17(7-4-11-30-21)13-31-22-19(25(26,27)28)14-32-23(33-22)35(15-24(37)9-5-10-24)18-8-3-6-16(12-18)20(29)36/h3-4,6-8,11-12,14,37H,2,5,9-10,13,15H2,1H3,(H2,29,36)(H,30,34)(H,31,32,33). The summed E-state index contributed by atoms with van der Waals surface area (Å²) >= 11 is 0. The molecule has 2 heterocycles. The first-order valence-electron chi connectivity index (χ1n) is 12.3. The molecule has 0 unspecified atom stereocenters. The van der Waals surface area contributed by atoms with Crippen LogP contribution in [-0.4, -0.2) is 52.3 Å². The molecule has 5 N–H and O–H groups in total. The van der Waals surface area contributed by atoms with Crippen LogP contribution in [0.1, 0.15) is 47.7 Å². The van der Waals surface area contributed by atoms with Crippen molar-refractivity contribution >= 4 is 39.2 Å². The van der Waals surface area contributed by atoms with Gasteiger partial charge in [0.1, 0.15) is 17.2 Å². The molecule has 1 aromatic carbocycles. The number of hydrogen-bond acceptors (Lipinski definition) is 9. The van der Waals surface area contributed by atoms with Crippen LogP contribution in [0.4, 0.5) is 36.4 Å². The average molecular weight is 580 g/mol. The van der Waals surface area contributed by atoms with Gasteiger partial charge >= 0.3 is 6.18 Å². The number of nitrogens with zero attached hydrogens (tertiary/aromatic N) is 4. The molecule has 0 spiro atoms. The number of hydrogen-bond donors (Lipinski definition) is 4. The van der Waals surface area contributed by atoms with E-state index >= 15 is 0 Å². The van der Waals surface area contributed by atoms with Crippen molar-refractivity contribution < 1.29 is 31.5 Å². The summed E-state index contributed by atoms with van der Waals surface area (Å²) < 4.78 is 68.2. The number of amides is 1. The number of aromatic nitrogens is 3. The average Bonchev–Trinajstić information content (AvgIpc) is 2.89. The van der Waals surface area contributed by atoms with Crippen LogP contribution >= 0.6 is 0 Å². The molecule has 214 valence electrons. The number of benzene rings is 1. The number of alkyl halides is 3. The van der Waals surface area contributed by atoms with Crippen molar-refractivity contribution in [2.45, 2.75) is 44.5 Å². The highest BCUT2D eigenvalue weighted by atomic mass is 32.2. The van der Waals surface area contributed by atoms with Crippen molar-refractivity contribution in [1.29, 1.82) is 0 Å². The fraction of sp³-hybridized carbons (Fsp3) is 0.360. The lowest BCUT2D eigenvalue weighted by Crippen LogP contribution is -2.47. The Morgan fingerprint density at radius 2 is 1.93 bits per heavy atom. The van der Waals surface area contributed by atoms with E-state index in [2.05, 4.69) is 25.0 Å². The molecule has 15 heteroatoms. The molecule has 0 aliphatic heterocycles. The summed E-state index contributed by atoms with van der Waals surface area (Å²) in [5, 5.41) is 13.5. The number of aliphatic hydroxyl groups is 1. The zero-order chi connectivity index (χ0) is 29.1. The third-order valence-electron chi connectivity index (χ3n) is 6.47. The van der Waals surface area contributed by atoms with Gasteiger partial charge in [-0.1, -0.05) is 12.1 Å². The Kier molecular flexibility index (Phi) is 8.16. The molecule has 0 atom stereocenters. The van der Waals surface area contributed by atoms with Crippen LogP contribution < -0.4 is 20.7 Å². The molecule has 4 rings (SSSR count). The van der Waals surface area contributed by atoms with Crippen molar-refractivity contribution in [2.24, 2.45) is 5.73 Å². The molecule has 0 bridgehead atoms. The van der Waals surface area contributed by atoms with Gasteiger partial charge in [0.2, 0.25) is 21.9 Å². The van der Waals surface area contributed by atoms with Crippen LogP contribution in [-0.2, 0) is 22.7 Å². The summed E-state index contributed by atoms with van der Waals surface area (Å²) in [4.78, 5) is 25.3. The zero-order valence-electron chi connectivity index (χ0n) is 21.4. The molecule has 1 saturated carbocycles. The number of nitrogens with two attached hydrogens (primary N) is 1. The van der Waals surface area contributed by atoms with Crippen LogP contribution in [0.2, 0.25) is 0 Å². The quantitative estimate of drug-likeness (QED) is 0.267. The molecule has 1 fully saturated rings. The van der Waals surface area contributed by atoms with E-state index in [4.69, 9.17) is 5.73 Å². The van der Waals surface area contributed by atoms with Gasteiger partial charge in [-0.25, -0.2) is 18.4 Å². The summed E-state index contributed by atoms with van der Waals surface area (Å²) in [5.74, 6) is -1.68. The van der Waals surface area contributed by atoms with Crippen molar-refractivity contribution in [3.8, 4) is 0 Å². The van der Waals surface area contributed by atoms with E-state index in [1.807, 2.05) is 0 Å². The normalized spacial score (nSPS) is 14.7. The molecule has 1 amide bonds. The molecule has 1 aliphatic rings. The highest BCUT2D eigenvalue weighted by Gasteiger charge is 2.39. The van der Waals surface area contributed by atoms with Gasteiger partial charge in [0.25, 0.3) is 0 Å². The van der Waals surface area contributed by atoms with Gasteiger partial charge in [-0.2, -0.15) is 18.2 Å². The van der Waals surface area contributed by atoms with Gasteiger partial charge in [0, 0.05) is 35.8 Å². The van der Waals surface area contributed by atoms with Gasteiger partial charge in [0.05, 0.1) is 17.9 Å². The van der Waals surface area contributed by atoms with E-state index in [9.17, 15) is 31.5 Å². The monoisotopic (exact) mass is 579 g/mol. The van der Waals surface area contributed by atoms with Crippen molar-refractivity contribution in [1.82, 2.24) is 15.0 Å². The molecular formula is C25H28F3N7O4S. The fourth-order valence-electron chi connectivity index (χ4n) is 4.06. The first kappa shape index (κ1) is 29.0. The van der Waals surface area contributed by atoms with Crippen LogP contribution in [0.3, 0.4) is 0 Å². The lowest BCUT2D eigenvalue weighted by Gasteiger charge is -2.40. The number of carbonyl (C=O) groups is 1. The van der Waals surface area contributed by atoms with E-state index in [0.29, 0.717) is 24.7 Å². The molecule has 3 aromatic rings. The number of halogens is 3. The molecule has 40 heavy (non-hydrogen) atoms. The largest absolute Gasteiger partial charge is 0.421 e. The van der Waals surface area contributed by atoms with Crippen molar-refractivity contribution in [3.63, 3.8) is 0 Å². The lowest BCUT2D eigenvalue weighted by atomic mass is 9.80. The zero-order valence-corrected chi connectivity index (χ0v) is 22.3. The van der Waals surface area contributed by atoms with Gasteiger partial charge in [-0.15, -0.1) is 0 Å². The first-order chi connectivity index (χ1) is 18.8. The summed E-state index contributed by atoms with van der Waals surface area (Å²) in [6.07, 6.45) is -1.11. The maximum Gasteiger partial charge on any atom is 0.421 e. The number of anilines is 4. The maximum atomic E-state index is 13.9. The van der Waals surface area contributed by atoms with E-state index in [0.717, 1.165) is 6.42 Å². The number of pyridine rings is 1. The van der Waals surface area contributed by atoms with Gasteiger partial charge in [0.15, 0.2) is 0 Å². The number of primary amides is 1. The Labute approximate surface area is 228 Å². The van der Waals surface area contributed by atoms with Crippen molar-refractivity contribution in [2.75, 3.05) is 27.2 Å². The molecule has 0 radical (unpaired) electrons. The van der Waals surface area contributed by atoms with Crippen molar-refractivity contribution in [3.05, 3.63) is 65.5 Å². The Bertz CT molecular complexity index is 1500. The fourth-order valence-corrected chi connectivity index (χ4v) is 4.68. The SMILES string of the molecule is CCS(=O)(=O)Nc1ncccc1CNc1nc(N(CC2(O)CCC2)c2cccc(C(N)=O)c2)ncc1C(F)(F)F. The summed E-state index contributed by atoms with van der Waals surface area (Å²) in [7, 11) is -3.69. The van der Waals surface area contributed by atoms with Crippen LogP contribution in [0.5, 0.6) is 0 Å². The van der Waals surface area contributed by atoms with Gasteiger partial charge in [-0.05, 0) is 50.5 Å². The number of sulfonamides is 1. The second kappa shape index (κ2) is 11.3. The highest BCUT2D eigenvalue weighted by Crippen LogP contribution is 2.38. The van der Waals surface area contributed by atoms with E-state index in [1.54, 1.807) is 12.1 Å².